The first kappa shape index (κ1) is 17.2. The Bertz CT molecular complexity index is 650. The van der Waals surface area contributed by atoms with Crippen LogP contribution in [0.1, 0.15) is 58.6 Å². The molecule has 0 aliphatic carbocycles. The van der Waals surface area contributed by atoms with Crippen molar-refractivity contribution in [1.82, 2.24) is 15.2 Å². The van der Waals surface area contributed by atoms with E-state index in [1.807, 2.05) is 6.92 Å². The third kappa shape index (κ3) is 4.21. The highest BCUT2D eigenvalue weighted by molar-refractivity contribution is 6.03. The third-order valence-corrected chi connectivity index (χ3v) is 3.86. The van der Waals surface area contributed by atoms with Gasteiger partial charge in [0, 0.05) is 13.0 Å². The van der Waals surface area contributed by atoms with Gasteiger partial charge in [-0.2, -0.15) is 5.10 Å². The van der Waals surface area contributed by atoms with Crippen molar-refractivity contribution in [1.29, 1.82) is 0 Å². The molecule has 23 heavy (non-hydrogen) atoms. The second-order valence-electron chi connectivity index (χ2n) is 5.73. The summed E-state index contributed by atoms with van der Waals surface area (Å²) in [6, 6.07) is 0. The summed E-state index contributed by atoms with van der Waals surface area (Å²) < 4.78 is 0. The number of nitrogens with one attached hydrogen (secondary N) is 3. The number of aryl methyl sites for hydroxylation is 1. The van der Waals surface area contributed by atoms with Crippen molar-refractivity contribution in [3.63, 3.8) is 0 Å². The molecule has 0 aromatic carbocycles. The lowest BCUT2D eigenvalue weighted by atomic mass is 10.1. The summed E-state index contributed by atoms with van der Waals surface area (Å²) in [5.74, 6) is 0.0461. The van der Waals surface area contributed by atoms with Crippen molar-refractivity contribution in [2.24, 2.45) is 0 Å². The van der Waals surface area contributed by atoms with Crippen molar-refractivity contribution in [2.75, 3.05) is 17.2 Å². The maximum absolute atomic E-state index is 12.2. The number of nitrogens with zero attached hydrogens (tertiary/aromatic N) is 2. The molecule has 0 aliphatic heterocycles. The van der Waals surface area contributed by atoms with Gasteiger partial charge in [0.2, 0.25) is 5.91 Å². The van der Waals surface area contributed by atoms with Crippen LogP contribution in [0.25, 0.3) is 11.0 Å². The van der Waals surface area contributed by atoms with Crippen LogP contribution in [-0.4, -0.2) is 27.6 Å². The van der Waals surface area contributed by atoms with E-state index in [2.05, 4.69) is 39.7 Å². The summed E-state index contributed by atoms with van der Waals surface area (Å²) >= 11 is 0. The minimum Gasteiger partial charge on any atom is -0.383 e. The number of unbranched alkanes of at least 4 members (excludes halogenated alkanes) is 2. The normalized spacial score (nSPS) is 10.9. The Balaban J connectivity index is 2.36. The van der Waals surface area contributed by atoms with Crippen LogP contribution in [0.4, 0.5) is 11.4 Å². The molecule has 0 saturated carbocycles. The van der Waals surface area contributed by atoms with E-state index in [1.54, 1.807) is 6.20 Å². The fraction of sp³-hybridized carbons (Fsp3) is 0.588. The molecule has 2 aromatic heterocycles. The van der Waals surface area contributed by atoms with Crippen LogP contribution in [0.5, 0.6) is 0 Å². The molecule has 0 atom stereocenters. The molecule has 0 unspecified atom stereocenters. The number of pyridine rings is 1. The fourth-order valence-electron chi connectivity index (χ4n) is 2.52. The van der Waals surface area contributed by atoms with Gasteiger partial charge in [-0.15, -0.1) is 0 Å². The number of aromatic amines is 1. The SMILES string of the molecule is CCCCNc1c(NC(=O)CCCC)c(CC)nc2[nH]ncc12. The predicted octanol–water partition coefficient (Wildman–Crippen LogP) is 3.86. The van der Waals surface area contributed by atoms with Gasteiger partial charge in [0.15, 0.2) is 5.65 Å². The highest BCUT2D eigenvalue weighted by Gasteiger charge is 2.17. The molecule has 1 amide bonds. The maximum atomic E-state index is 12.2. The summed E-state index contributed by atoms with van der Waals surface area (Å²) in [7, 11) is 0. The molecule has 0 bridgehead atoms. The number of H-pyrrole nitrogens is 1. The van der Waals surface area contributed by atoms with Crippen molar-refractivity contribution >= 4 is 28.3 Å². The number of fused-ring (bicyclic) bond motifs is 1. The van der Waals surface area contributed by atoms with E-state index in [9.17, 15) is 4.79 Å². The first-order valence-electron chi connectivity index (χ1n) is 8.60. The Morgan fingerprint density at radius 3 is 2.65 bits per heavy atom. The molecule has 0 spiro atoms. The van der Waals surface area contributed by atoms with E-state index in [0.717, 1.165) is 66.8 Å². The lowest BCUT2D eigenvalue weighted by molar-refractivity contribution is -0.116. The largest absolute Gasteiger partial charge is 0.383 e. The maximum Gasteiger partial charge on any atom is 0.224 e. The number of amides is 1. The van der Waals surface area contributed by atoms with E-state index < -0.39 is 0 Å². The summed E-state index contributed by atoms with van der Waals surface area (Å²) in [6.45, 7) is 7.15. The van der Waals surface area contributed by atoms with E-state index >= 15 is 0 Å². The minimum absolute atomic E-state index is 0.0461. The van der Waals surface area contributed by atoms with E-state index in [-0.39, 0.29) is 5.91 Å². The third-order valence-electron chi connectivity index (χ3n) is 3.86. The average molecular weight is 317 g/mol. The van der Waals surface area contributed by atoms with E-state index in [4.69, 9.17) is 0 Å². The van der Waals surface area contributed by atoms with Crippen LogP contribution >= 0.6 is 0 Å². The zero-order valence-electron chi connectivity index (χ0n) is 14.3. The number of carbonyl (C=O) groups excluding carboxylic acids is 1. The van der Waals surface area contributed by atoms with Gasteiger partial charge < -0.3 is 10.6 Å². The van der Waals surface area contributed by atoms with Gasteiger partial charge in [0.1, 0.15) is 0 Å². The minimum atomic E-state index is 0.0461. The number of carbonyl (C=O) groups is 1. The number of aromatic nitrogens is 3. The zero-order chi connectivity index (χ0) is 16.7. The van der Waals surface area contributed by atoms with Crippen LogP contribution < -0.4 is 10.6 Å². The van der Waals surface area contributed by atoms with Crippen molar-refractivity contribution in [3.8, 4) is 0 Å². The molecule has 126 valence electrons. The Hall–Kier alpha value is -2.11. The van der Waals surface area contributed by atoms with Crippen LogP contribution in [-0.2, 0) is 11.2 Å². The highest BCUT2D eigenvalue weighted by Crippen LogP contribution is 2.33. The first-order valence-corrected chi connectivity index (χ1v) is 8.60. The molecule has 6 nitrogen and oxygen atoms in total. The highest BCUT2D eigenvalue weighted by atomic mass is 16.1. The van der Waals surface area contributed by atoms with Gasteiger partial charge in [-0.1, -0.05) is 33.6 Å². The average Bonchev–Trinajstić information content (AvgIpc) is 3.02. The van der Waals surface area contributed by atoms with Gasteiger partial charge >= 0.3 is 0 Å². The lowest BCUT2D eigenvalue weighted by Gasteiger charge is -2.17. The monoisotopic (exact) mass is 317 g/mol. The molecular formula is C17H27N5O. The molecule has 0 fully saturated rings. The molecule has 0 aliphatic rings. The van der Waals surface area contributed by atoms with Crippen molar-refractivity contribution < 1.29 is 4.79 Å². The summed E-state index contributed by atoms with van der Waals surface area (Å²) in [6.07, 6.45) is 7.15. The number of hydrogen-bond acceptors (Lipinski definition) is 4. The van der Waals surface area contributed by atoms with Gasteiger partial charge in [-0.3, -0.25) is 9.89 Å². The first-order chi connectivity index (χ1) is 11.2. The smallest absolute Gasteiger partial charge is 0.224 e. The quantitative estimate of drug-likeness (QED) is 0.613. The second-order valence-corrected chi connectivity index (χ2v) is 5.73. The Morgan fingerprint density at radius 1 is 1.17 bits per heavy atom. The Morgan fingerprint density at radius 2 is 1.96 bits per heavy atom. The summed E-state index contributed by atoms with van der Waals surface area (Å²) in [4.78, 5) is 16.8. The summed E-state index contributed by atoms with van der Waals surface area (Å²) in [5.41, 5.74) is 3.37. The van der Waals surface area contributed by atoms with Crippen molar-refractivity contribution in [2.45, 2.75) is 59.3 Å². The molecule has 2 rings (SSSR count). The van der Waals surface area contributed by atoms with Gasteiger partial charge in [-0.25, -0.2) is 4.98 Å². The molecule has 0 saturated heterocycles. The Labute approximate surface area is 137 Å². The molecular weight excluding hydrogens is 290 g/mol. The second kappa shape index (κ2) is 8.50. The number of rotatable bonds is 9. The van der Waals surface area contributed by atoms with Crippen LogP contribution in [0, 0.1) is 0 Å². The topological polar surface area (TPSA) is 82.7 Å². The summed E-state index contributed by atoms with van der Waals surface area (Å²) in [5, 5.41) is 14.5. The van der Waals surface area contributed by atoms with Crippen molar-refractivity contribution in [3.05, 3.63) is 11.9 Å². The fourth-order valence-corrected chi connectivity index (χ4v) is 2.52. The predicted molar refractivity (Wildman–Crippen MR) is 94.8 cm³/mol. The number of hydrogen-bond donors (Lipinski definition) is 3. The standard InChI is InChI=1S/C17H27N5O/c1-4-7-9-14(23)21-16-13(6-3)20-17-12(11-19-22-17)15(16)18-10-8-5-2/h11H,4-10H2,1-3H3,(H,21,23)(H2,18,19,20,22). The van der Waals surface area contributed by atoms with E-state index in [1.165, 1.54) is 0 Å². The van der Waals surface area contributed by atoms with Crippen LogP contribution in [0.2, 0.25) is 0 Å². The molecule has 3 N–H and O–H groups in total. The van der Waals surface area contributed by atoms with Crippen LogP contribution in [0.15, 0.2) is 6.20 Å². The van der Waals surface area contributed by atoms with Gasteiger partial charge in [0.05, 0.1) is 28.7 Å². The van der Waals surface area contributed by atoms with Gasteiger partial charge in [-0.05, 0) is 19.3 Å². The molecule has 2 heterocycles. The Kier molecular flexibility index (Phi) is 6.38. The lowest BCUT2D eigenvalue weighted by Crippen LogP contribution is -2.16. The number of anilines is 2. The zero-order valence-corrected chi connectivity index (χ0v) is 14.3. The van der Waals surface area contributed by atoms with Crippen LogP contribution in [0.3, 0.4) is 0 Å². The molecule has 6 heteroatoms. The van der Waals surface area contributed by atoms with E-state index in [0.29, 0.717) is 6.42 Å². The molecule has 0 radical (unpaired) electrons. The molecule has 2 aromatic rings. The van der Waals surface area contributed by atoms with Gasteiger partial charge in [0.25, 0.3) is 0 Å².